The molecule has 46 heavy (non-hydrogen) atoms. The number of nitrogens with zero attached hydrogens (tertiary/aromatic N) is 2. The molecule has 2 aliphatic carbocycles. The third-order valence-corrected chi connectivity index (χ3v) is 11.7. The molecule has 2 aliphatic heterocycles. The van der Waals surface area contributed by atoms with Crippen LogP contribution in [0.2, 0.25) is 0 Å². The highest BCUT2D eigenvalue weighted by Crippen LogP contribution is 2.66. The van der Waals surface area contributed by atoms with Gasteiger partial charge < -0.3 is 9.84 Å². The Bertz CT molecular complexity index is 1820. The van der Waals surface area contributed by atoms with Crippen LogP contribution in [0, 0.1) is 27.1 Å². The Kier molecular flexibility index (Phi) is 7.77. The highest BCUT2D eigenvalue weighted by molar-refractivity contribution is 14.1. The van der Waals surface area contributed by atoms with Gasteiger partial charge in [0.15, 0.2) is 9.75 Å². The molecule has 0 aromatic heterocycles. The molecule has 4 aliphatic rings. The third kappa shape index (κ3) is 4.40. The highest BCUT2D eigenvalue weighted by Gasteiger charge is 2.77. The number of hydrogen-bond acceptors (Lipinski definition) is 6. The molecule has 236 valence electrons. The zero-order chi connectivity index (χ0) is 32.5. The second-order valence-electron chi connectivity index (χ2n) is 11.8. The lowest BCUT2D eigenvalue weighted by molar-refractivity contribution is -0.125. The Morgan fingerprint density at radius 1 is 0.870 bits per heavy atom. The predicted molar refractivity (Wildman–Crippen MR) is 177 cm³/mol. The van der Waals surface area contributed by atoms with Crippen LogP contribution >= 0.6 is 45.8 Å². The summed E-state index contributed by atoms with van der Waals surface area (Å²) in [6.07, 6.45) is 1.87. The van der Waals surface area contributed by atoms with E-state index in [4.69, 9.17) is 27.9 Å². The van der Waals surface area contributed by atoms with E-state index in [0.717, 1.165) is 20.6 Å². The number of para-hydroxylation sites is 1. The zero-order valence-corrected chi connectivity index (χ0v) is 27.7. The maximum absolute atomic E-state index is 14.5. The number of aliphatic hydroxyl groups is 1. The molecule has 3 aromatic rings. The number of imide groups is 2. The molecule has 0 unspecified atom stereocenters. The Labute approximate surface area is 287 Å². The smallest absolute Gasteiger partial charge is 0.258 e. The van der Waals surface area contributed by atoms with E-state index in [1.54, 1.807) is 36.4 Å². The number of anilines is 2. The number of fused-ring (bicyclic) bond motifs is 4. The molecule has 7 rings (SSSR count). The normalized spacial score (nSPS) is 30.2. The first-order valence-corrected chi connectivity index (χ1v) is 16.5. The van der Waals surface area contributed by atoms with Gasteiger partial charge in [-0.05, 0) is 95.9 Å². The van der Waals surface area contributed by atoms with Crippen LogP contribution in [-0.2, 0) is 19.2 Å². The Balaban J connectivity index is 1.40. The zero-order valence-electron chi connectivity index (χ0n) is 24.0. The molecule has 3 fully saturated rings. The van der Waals surface area contributed by atoms with Crippen LogP contribution < -0.4 is 14.5 Å². The SMILES string of the molecule is O=C1[C@H]2[C@H](CC=C3[C@H]2C[C@@]2(Cl)C(=O)N(c4ccc(F)cc4)C(=O)[C@@]2(Cl)[C@H]3c2ccccc2OCCO)C(=O)N1c1ccc(I)cc1. The fraction of sp³-hybridized carbons (Fsp3) is 0.294. The van der Waals surface area contributed by atoms with Crippen molar-refractivity contribution < 1.29 is 33.4 Å². The molecule has 6 atom stereocenters. The fourth-order valence-electron chi connectivity index (χ4n) is 7.59. The van der Waals surface area contributed by atoms with E-state index < -0.39 is 57.0 Å². The van der Waals surface area contributed by atoms with Gasteiger partial charge in [-0.2, -0.15) is 0 Å². The molecule has 0 spiro atoms. The van der Waals surface area contributed by atoms with Crippen molar-refractivity contribution in [1.82, 2.24) is 0 Å². The average molecular weight is 775 g/mol. The lowest BCUT2D eigenvalue weighted by atomic mass is 9.56. The Morgan fingerprint density at radius 3 is 2.22 bits per heavy atom. The van der Waals surface area contributed by atoms with E-state index in [-0.39, 0.29) is 37.6 Å². The summed E-state index contributed by atoms with van der Waals surface area (Å²) >= 11 is 17.0. The van der Waals surface area contributed by atoms with Crippen LogP contribution in [0.25, 0.3) is 0 Å². The minimum atomic E-state index is -2.09. The summed E-state index contributed by atoms with van der Waals surface area (Å²) in [7, 11) is 0. The molecule has 0 bridgehead atoms. The Morgan fingerprint density at radius 2 is 1.52 bits per heavy atom. The van der Waals surface area contributed by atoms with Crippen LogP contribution in [0.1, 0.15) is 24.3 Å². The van der Waals surface area contributed by atoms with Crippen molar-refractivity contribution in [2.45, 2.75) is 28.5 Å². The summed E-state index contributed by atoms with van der Waals surface area (Å²) in [6.45, 7) is -0.328. The van der Waals surface area contributed by atoms with Crippen molar-refractivity contribution in [2.75, 3.05) is 23.0 Å². The molecular weight excluding hydrogens is 749 g/mol. The summed E-state index contributed by atoms with van der Waals surface area (Å²) in [5.74, 6) is -5.94. The average Bonchev–Trinajstić information content (AvgIpc) is 3.39. The van der Waals surface area contributed by atoms with Gasteiger partial charge in [0.05, 0.1) is 29.8 Å². The summed E-state index contributed by atoms with van der Waals surface area (Å²) < 4.78 is 20.7. The van der Waals surface area contributed by atoms with E-state index in [9.17, 15) is 28.7 Å². The Hall–Kier alpha value is -3.32. The number of hydrogen-bond donors (Lipinski definition) is 1. The molecule has 8 nitrogen and oxygen atoms in total. The van der Waals surface area contributed by atoms with Gasteiger partial charge in [0.1, 0.15) is 18.2 Å². The summed E-state index contributed by atoms with van der Waals surface area (Å²) in [5.41, 5.74) is 1.60. The van der Waals surface area contributed by atoms with Crippen LogP contribution in [0.3, 0.4) is 0 Å². The topological polar surface area (TPSA) is 104 Å². The number of benzene rings is 3. The minimum Gasteiger partial charge on any atom is -0.491 e. The van der Waals surface area contributed by atoms with Gasteiger partial charge in [0.2, 0.25) is 11.8 Å². The quantitative estimate of drug-likeness (QED) is 0.152. The molecule has 2 heterocycles. The number of rotatable bonds is 6. The van der Waals surface area contributed by atoms with Gasteiger partial charge in [0.25, 0.3) is 11.8 Å². The van der Waals surface area contributed by atoms with Crippen LogP contribution in [-0.4, -0.2) is 51.7 Å². The predicted octanol–water partition coefficient (Wildman–Crippen LogP) is 5.57. The molecular formula is C34H26Cl2FIN2O6. The summed E-state index contributed by atoms with van der Waals surface area (Å²) in [5, 5.41) is 9.52. The van der Waals surface area contributed by atoms with Gasteiger partial charge in [-0.3, -0.25) is 24.1 Å². The molecule has 3 aromatic carbocycles. The van der Waals surface area contributed by atoms with E-state index >= 15 is 0 Å². The number of alkyl halides is 2. The second kappa shape index (κ2) is 11.4. The number of allylic oxidation sites excluding steroid dienone is 2. The van der Waals surface area contributed by atoms with Gasteiger partial charge in [0, 0.05) is 15.1 Å². The second-order valence-corrected chi connectivity index (χ2v) is 14.3. The molecule has 4 amide bonds. The molecule has 12 heteroatoms. The summed E-state index contributed by atoms with van der Waals surface area (Å²) in [6, 6.07) is 18.7. The van der Waals surface area contributed by atoms with Crippen LogP contribution in [0.5, 0.6) is 5.75 Å². The first kappa shape index (κ1) is 31.3. The van der Waals surface area contributed by atoms with Gasteiger partial charge in [-0.25, -0.2) is 9.29 Å². The largest absolute Gasteiger partial charge is 0.491 e. The number of amides is 4. The van der Waals surface area contributed by atoms with Gasteiger partial charge >= 0.3 is 0 Å². The molecule has 2 saturated heterocycles. The number of ether oxygens (including phenoxy) is 1. The lowest BCUT2D eigenvalue weighted by Crippen LogP contribution is -2.60. The standard InChI is InChI=1S/C34H26Cl2FIN2O6/c35-33-17-25-22(13-14-24-27(25)30(43)39(29(24)42)20-11-7-19(38)8-12-20)28(23-3-1-2-4-26(23)46-16-15-41)34(33,36)32(45)40(31(33)44)21-9-5-18(37)6-10-21/h1-13,24-25,27-28,41H,14-17H2/t24-,25+,27-,28+,33+,34-/m0/s1. The van der Waals surface area contributed by atoms with Crippen molar-refractivity contribution in [2.24, 2.45) is 17.8 Å². The van der Waals surface area contributed by atoms with Crippen molar-refractivity contribution in [1.29, 1.82) is 0 Å². The number of carbonyl (C=O) groups excluding carboxylic acids is 4. The minimum absolute atomic E-state index is 0.0508. The van der Waals surface area contributed by atoms with E-state index in [2.05, 4.69) is 22.6 Å². The van der Waals surface area contributed by atoms with E-state index in [1.165, 1.54) is 17.0 Å². The molecule has 0 radical (unpaired) electrons. The molecule has 1 N–H and O–H groups in total. The van der Waals surface area contributed by atoms with Crippen LogP contribution in [0.15, 0.2) is 84.4 Å². The van der Waals surface area contributed by atoms with Crippen molar-refractivity contribution >= 4 is 80.8 Å². The van der Waals surface area contributed by atoms with Crippen LogP contribution in [0.4, 0.5) is 15.8 Å². The van der Waals surface area contributed by atoms with Crippen molar-refractivity contribution in [3.05, 3.63) is 99.4 Å². The van der Waals surface area contributed by atoms with Crippen molar-refractivity contribution in [3.8, 4) is 5.75 Å². The van der Waals surface area contributed by atoms with Gasteiger partial charge in [-0.15, -0.1) is 23.2 Å². The third-order valence-electron chi connectivity index (χ3n) is 9.56. The van der Waals surface area contributed by atoms with E-state index in [0.29, 0.717) is 22.6 Å². The molecule has 1 saturated carbocycles. The maximum atomic E-state index is 14.5. The van der Waals surface area contributed by atoms with Crippen molar-refractivity contribution in [3.63, 3.8) is 0 Å². The monoisotopic (exact) mass is 774 g/mol. The van der Waals surface area contributed by atoms with Gasteiger partial charge in [-0.1, -0.05) is 29.8 Å². The lowest BCUT2D eigenvalue weighted by Gasteiger charge is -2.50. The summed E-state index contributed by atoms with van der Waals surface area (Å²) in [4.78, 5) is 54.9. The van der Waals surface area contributed by atoms with E-state index in [1.807, 2.05) is 18.2 Å². The maximum Gasteiger partial charge on any atom is 0.258 e. The first-order chi connectivity index (χ1) is 22.0. The number of aliphatic hydroxyl groups excluding tert-OH is 1. The number of halogens is 4. The highest BCUT2D eigenvalue weighted by atomic mass is 127. The fourth-order valence-corrected chi connectivity index (χ4v) is 8.88. The first-order valence-electron chi connectivity index (χ1n) is 14.7. The number of carbonyl (C=O) groups is 4.